The average Bonchev–Trinajstić information content (AvgIpc) is 3.07. The third-order valence-corrected chi connectivity index (χ3v) is 4.90. The fourth-order valence-electron chi connectivity index (χ4n) is 3.17. The third kappa shape index (κ3) is 3.84. The van der Waals surface area contributed by atoms with Crippen LogP contribution in [0.3, 0.4) is 0 Å². The first-order chi connectivity index (χ1) is 10.2. The predicted octanol–water partition coefficient (Wildman–Crippen LogP) is 2.68. The Morgan fingerprint density at radius 1 is 1.36 bits per heavy atom. The summed E-state index contributed by atoms with van der Waals surface area (Å²) in [6.07, 6.45) is 6.25. The number of alkyl halides is 2. The van der Waals surface area contributed by atoms with E-state index in [2.05, 4.69) is 10.3 Å². The maximum absolute atomic E-state index is 13.9. The van der Waals surface area contributed by atoms with Gasteiger partial charge in [0, 0.05) is 43.4 Å². The van der Waals surface area contributed by atoms with Gasteiger partial charge in [-0.25, -0.2) is 13.8 Å². The zero-order valence-corrected chi connectivity index (χ0v) is 13.6. The molecular formula is C16H27F2N3O. The summed E-state index contributed by atoms with van der Waals surface area (Å²) in [5.41, 5.74) is -1.12. The number of nitrogens with one attached hydrogen (secondary N) is 1. The van der Waals surface area contributed by atoms with Crippen LogP contribution >= 0.6 is 0 Å². The van der Waals surface area contributed by atoms with Crippen molar-refractivity contribution in [1.29, 1.82) is 0 Å². The summed E-state index contributed by atoms with van der Waals surface area (Å²) in [5.74, 6) is -2.36. The van der Waals surface area contributed by atoms with E-state index >= 15 is 0 Å². The highest BCUT2D eigenvalue weighted by Gasteiger charge is 2.45. The highest BCUT2D eigenvalue weighted by Crippen LogP contribution is 2.38. The number of nitrogens with zero attached hydrogens (tertiary/aromatic N) is 2. The molecular weight excluding hydrogens is 288 g/mol. The first kappa shape index (κ1) is 17.3. The molecule has 0 saturated heterocycles. The van der Waals surface area contributed by atoms with E-state index < -0.39 is 17.4 Å². The Morgan fingerprint density at radius 2 is 2.09 bits per heavy atom. The zero-order valence-electron chi connectivity index (χ0n) is 13.6. The fourth-order valence-corrected chi connectivity index (χ4v) is 3.17. The number of halogens is 2. The van der Waals surface area contributed by atoms with Gasteiger partial charge in [-0.2, -0.15) is 0 Å². The highest BCUT2D eigenvalue weighted by molar-refractivity contribution is 4.93. The van der Waals surface area contributed by atoms with Gasteiger partial charge in [0.1, 0.15) is 0 Å². The lowest BCUT2D eigenvalue weighted by molar-refractivity contribution is -0.108. The molecule has 1 aromatic rings. The van der Waals surface area contributed by atoms with Gasteiger partial charge < -0.3 is 15.0 Å². The molecule has 3 atom stereocenters. The van der Waals surface area contributed by atoms with E-state index in [1.807, 2.05) is 10.8 Å². The molecule has 1 unspecified atom stereocenters. The molecule has 6 heteroatoms. The minimum Gasteiger partial charge on any atom is -0.391 e. The SMILES string of the molecule is CCC(F)(F)C(C)(C)CN[C@@H]1CC(Cn2ccnc2)C[C@H]1O. The molecule has 2 rings (SSSR count). The van der Waals surface area contributed by atoms with Gasteiger partial charge in [0.25, 0.3) is 5.92 Å². The predicted molar refractivity (Wildman–Crippen MR) is 81.8 cm³/mol. The maximum atomic E-state index is 13.9. The van der Waals surface area contributed by atoms with Gasteiger partial charge in [0.2, 0.25) is 0 Å². The highest BCUT2D eigenvalue weighted by atomic mass is 19.3. The largest absolute Gasteiger partial charge is 0.391 e. The van der Waals surface area contributed by atoms with Gasteiger partial charge in [-0.05, 0) is 18.8 Å². The minimum absolute atomic E-state index is 0.111. The Kier molecular flexibility index (Phi) is 5.22. The lowest BCUT2D eigenvalue weighted by Crippen LogP contribution is -2.48. The van der Waals surface area contributed by atoms with Crippen LogP contribution < -0.4 is 5.32 Å². The molecule has 0 bridgehead atoms. The van der Waals surface area contributed by atoms with E-state index in [0.717, 1.165) is 13.0 Å². The molecule has 1 aromatic heterocycles. The smallest absolute Gasteiger partial charge is 0.254 e. The molecule has 0 aromatic carbocycles. The molecule has 22 heavy (non-hydrogen) atoms. The van der Waals surface area contributed by atoms with Crippen molar-refractivity contribution < 1.29 is 13.9 Å². The first-order valence-electron chi connectivity index (χ1n) is 8.00. The second-order valence-corrected chi connectivity index (χ2v) is 7.09. The Labute approximate surface area is 130 Å². The van der Waals surface area contributed by atoms with Gasteiger partial charge >= 0.3 is 0 Å². The van der Waals surface area contributed by atoms with Gasteiger partial charge in [-0.3, -0.25) is 0 Å². The molecule has 126 valence electrons. The molecule has 0 spiro atoms. The van der Waals surface area contributed by atoms with Crippen molar-refractivity contribution in [2.45, 2.75) is 64.6 Å². The topological polar surface area (TPSA) is 50.1 Å². The summed E-state index contributed by atoms with van der Waals surface area (Å²) in [7, 11) is 0. The van der Waals surface area contributed by atoms with E-state index in [9.17, 15) is 13.9 Å². The minimum atomic E-state index is -2.71. The molecule has 4 nitrogen and oxygen atoms in total. The number of imidazole rings is 1. The molecule has 1 heterocycles. The van der Waals surface area contributed by atoms with Crippen LogP contribution in [-0.2, 0) is 6.54 Å². The van der Waals surface area contributed by atoms with Crippen LogP contribution in [0.4, 0.5) is 8.78 Å². The lowest BCUT2D eigenvalue weighted by Gasteiger charge is -2.35. The molecule has 0 amide bonds. The van der Waals surface area contributed by atoms with E-state index in [1.54, 1.807) is 26.4 Å². The van der Waals surface area contributed by atoms with Crippen molar-refractivity contribution in [3.63, 3.8) is 0 Å². The van der Waals surface area contributed by atoms with E-state index in [4.69, 9.17) is 0 Å². The second-order valence-electron chi connectivity index (χ2n) is 7.09. The number of aromatic nitrogens is 2. The van der Waals surface area contributed by atoms with Crippen LogP contribution in [0.2, 0.25) is 0 Å². The van der Waals surface area contributed by atoms with Crippen LogP contribution in [-0.4, -0.2) is 39.3 Å². The van der Waals surface area contributed by atoms with Gasteiger partial charge in [-0.1, -0.05) is 20.8 Å². The molecule has 1 aliphatic carbocycles. The number of hydrogen-bond donors (Lipinski definition) is 2. The molecule has 2 N–H and O–H groups in total. The van der Waals surface area contributed by atoms with Crippen molar-refractivity contribution in [3.8, 4) is 0 Å². The summed E-state index contributed by atoms with van der Waals surface area (Å²) in [5, 5.41) is 13.3. The zero-order chi connectivity index (χ0) is 16.4. The average molecular weight is 315 g/mol. The van der Waals surface area contributed by atoms with Crippen LogP contribution in [0.15, 0.2) is 18.7 Å². The number of aliphatic hydroxyl groups is 1. The van der Waals surface area contributed by atoms with Gasteiger partial charge in [-0.15, -0.1) is 0 Å². The normalized spacial score (nSPS) is 26.5. The number of hydrogen-bond acceptors (Lipinski definition) is 3. The summed E-state index contributed by atoms with van der Waals surface area (Å²) in [6, 6.07) is -0.111. The second kappa shape index (κ2) is 6.62. The van der Waals surface area contributed by atoms with E-state index in [0.29, 0.717) is 12.3 Å². The quantitative estimate of drug-likeness (QED) is 0.813. The number of rotatable bonds is 7. The van der Waals surface area contributed by atoms with Gasteiger partial charge in [0.05, 0.1) is 12.4 Å². The first-order valence-corrected chi connectivity index (χ1v) is 8.00. The number of aliphatic hydroxyl groups excluding tert-OH is 1. The van der Waals surface area contributed by atoms with Gasteiger partial charge in [0.15, 0.2) is 0 Å². The monoisotopic (exact) mass is 315 g/mol. The van der Waals surface area contributed by atoms with Crippen molar-refractivity contribution in [2.24, 2.45) is 11.3 Å². The van der Waals surface area contributed by atoms with Crippen LogP contribution in [0.5, 0.6) is 0 Å². The Hall–Kier alpha value is -1.01. The van der Waals surface area contributed by atoms with Crippen LogP contribution in [0.1, 0.15) is 40.0 Å². The summed E-state index contributed by atoms with van der Waals surface area (Å²) >= 11 is 0. The van der Waals surface area contributed by atoms with Crippen molar-refractivity contribution in [3.05, 3.63) is 18.7 Å². The van der Waals surface area contributed by atoms with Crippen molar-refractivity contribution in [1.82, 2.24) is 14.9 Å². The molecule has 1 saturated carbocycles. The van der Waals surface area contributed by atoms with Crippen LogP contribution in [0.25, 0.3) is 0 Å². The summed E-state index contributed by atoms with van der Waals surface area (Å²) in [6.45, 7) is 5.67. The lowest BCUT2D eigenvalue weighted by atomic mass is 9.83. The maximum Gasteiger partial charge on any atom is 0.254 e. The van der Waals surface area contributed by atoms with Crippen molar-refractivity contribution >= 4 is 0 Å². The molecule has 1 aliphatic rings. The Balaban J connectivity index is 1.86. The fraction of sp³-hybridized carbons (Fsp3) is 0.812. The molecule has 0 radical (unpaired) electrons. The molecule has 0 aliphatic heterocycles. The Bertz CT molecular complexity index is 462. The van der Waals surface area contributed by atoms with Crippen LogP contribution in [0, 0.1) is 11.3 Å². The summed E-state index contributed by atoms with van der Waals surface area (Å²) < 4.78 is 29.8. The molecule has 1 fully saturated rings. The summed E-state index contributed by atoms with van der Waals surface area (Å²) in [4.78, 5) is 4.01. The van der Waals surface area contributed by atoms with Crippen molar-refractivity contribution in [2.75, 3.05) is 6.54 Å². The third-order valence-electron chi connectivity index (χ3n) is 4.90. The van der Waals surface area contributed by atoms with E-state index in [1.165, 1.54) is 6.92 Å². The Morgan fingerprint density at radius 3 is 2.68 bits per heavy atom. The standard InChI is InChI=1S/C16H27F2N3O/c1-4-16(17,18)15(2,3)10-20-13-7-12(8-14(13)22)9-21-6-5-19-11-21/h5-6,11-14,20,22H,4,7-10H2,1-3H3/t12?,13-,14-/m1/s1. The van der Waals surface area contributed by atoms with E-state index in [-0.39, 0.29) is 19.0 Å².